The van der Waals surface area contributed by atoms with E-state index in [0.717, 1.165) is 71.8 Å². The molecule has 0 saturated carbocycles. The molecule has 11 aromatic rings. The molecular weight excluding hydrogens is 701 g/mol. The molecule has 0 saturated heterocycles. The largest absolute Gasteiger partial charge is 0.0615 e. The van der Waals surface area contributed by atoms with Crippen LogP contribution in [0.15, 0.2) is 168 Å². The number of oxazole rings is 1. The molecule has 52 heavy (non-hydrogen) atoms. The molecular formula is C47H27N3OSe. The van der Waals surface area contributed by atoms with E-state index >= 15 is 0 Å². The van der Waals surface area contributed by atoms with Crippen LogP contribution in [0.3, 0.4) is 0 Å². The van der Waals surface area contributed by atoms with Crippen LogP contribution >= 0.6 is 0 Å². The molecule has 3 aromatic heterocycles. The van der Waals surface area contributed by atoms with Crippen molar-refractivity contribution >= 4 is 77.5 Å². The zero-order valence-electron chi connectivity index (χ0n) is 27.7. The fourth-order valence-corrected chi connectivity index (χ4v) is 10.4. The Kier molecular flexibility index (Phi) is 6.53. The van der Waals surface area contributed by atoms with Gasteiger partial charge in [0, 0.05) is 0 Å². The van der Waals surface area contributed by atoms with Crippen LogP contribution in [0.2, 0.25) is 0 Å². The summed E-state index contributed by atoms with van der Waals surface area (Å²) in [6.45, 7) is 0. The van der Waals surface area contributed by atoms with Crippen molar-refractivity contribution in [1.29, 1.82) is 0 Å². The van der Waals surface area contributed by atoms with Gasteiger partial charge in [-0.1, -0.05) is 18.2 Å². The van der Waals surface area contributed by atoms with Crippen LogP contribution in [0.1, 0.15) is 0 Å². The van der Waals surface area contributed by atoms with Crippen LogP contribution in [0.5, 0.6) is 0 Å². The second-order valence-electron chi connectivity index (χ2n) is 13.1. The van der Waals surface area contributed by atoms with Crippen LogP contribution in [0, 0.1) is 0 Å². The maximum Gasteiger partial charge on any atom is -0.0495 e. The maximum atomic E-state index is 6.56. The van der Waals surface area contributed by atoms with Crippen molar-refractivity contribution in [2.75, 3.05) is 0 Å². The monoisotopic (exact) mass is 729 g/mol. The summed E-state index contributed by atoms with van der Waals surface area (Å²) in [5.74, 6) is 0.621. The first-order valence-electron chi connectivity index (χ1n) is 17.4. The summed E-state index contributed by atoms with van der Waals surface area (Å²) in [5.41, 5.74) is 10.8. The molecule has 0 atom stereocenters. The van der Waals surface area contributed by atoms with E-state index in [1.807, 2.05) is 42.5 Å². The molecule has 0 spiro atoms. The number of nitrogens with zero attached hydrogens (tertiary/aromatic N) is 3. The molecule has 0 radical (unpaired) electrons. The molecule has 0 N–H and O–H groups in total. The molecule has 3 heterocycles. The fourth-order valence-electron chi connectivity index (χ4n) is 7.61. The Balaban J connectivity index is 1.17. The van der Waals surface area contributed by atoms with Gasteiger partial charge in [-0.15, -0.1) is 0 Å². The van der Waals surface area contributed by atoms with Gasteiger partial charge in [-0.05, 0) is 12.1 Å². The standard InChI is InChI=1S/C47H27N3OSe/c1-3-11-28(12-4-1)33-15-9-16-34-35-17-10-18-36(46(35)52-45(33)34)43-42(48-38-19-7-8-20-39(38)49-43)32-24-22-29-21-23-30-25-26-40-44(41(30)37(29)27-32)51-47(50-40)31-13-5-2-6-14-31/h1-27H. The van der Waals surface area contributed by atoms with E-state index in [-0.39, 0.29) is 14.5 Å². The van der Waals surface area contributed by atoms with Gasteiger partial charge in [-0.25, -0.2) is 0 Å². The molecule has 0 unspecified atom stereocenters. The number of rotatable bonds is 4. The Bertz CT molecular complexity index is 3180. The van der Waals surface area contributed by atoms with E-state index in [0.29, 0.717) is 5.89 Å². The average molecular weight is 729 g/mol. The summed E-state index contributed by atoms with van der Waals surface area (Å²) < 4.78 is 9.33. The number of hydrogen-bond acceptors (Lipinski definition) is 4. The van der Waals surface area contributed by atoms with Crippen molar-refractivity contribution in [3.63, 3.8) is 0 Å². The molecule has 0 fully saturated rings. The normalized spacial score (nSPS) is 11.8. The van der Waals surface area contributed by atoms with Crippen molar-refractivity contribution < 1.29 is 4.42 Å². The SMILES string of the molecule is c1ccc(-c2nc3ccc4ccc5ccc(-c6nc7ccccc7nc6-c6cccc7c6[se]c6c(-c8ccccc8)cccc67)cc5c4c3o2)cc1. The summed E-state index contributed by atoms with van der Waals surface area (Å²) in [4.78, 5) is 15.7. The predicted octanol–water partition coefficient (Wildman–Crippen LogP) is 12.1. The number of hydrogen-bond donors (Lipinski definition) is 0. The van der Waals surface area contributed by atoms with Crippen LogP contribution < -0.4 is 0 Å². The second-order valence-corrected chi connectivity index (χ2v) is 15.3. The second kappa shape index (κ2) is 11.6. The molecule has 4 nitrogen and oxygen atoms in total. The summed E-state index contributed by atoms with van der Waals surface area (Å²) in [6, 6.07) is 57.6. The molecule has 0 aliphatic carbocycles. The Labute approximate surface area is 304 Å². The zero-order valence-corrected chi connectivity index (χ0v) is 29.5. The van der Waals surface area contributed by atoms with Crippen LogP contribution in [-0.4, -0.2) is 29.5 Å². The van der Waals surface area contributed by atoms with E-state index in [2.05, 4.69) is 121 Å². The van der Waals surface area contributed by atoms with Crippen molar-refractivity contribution in [3.05, 3.63) is 164 Å². The van der Waals surface area contributed by atoms with E-state index < -0.39 is 0 Å². The van der Waals surface area contributed by atoms with E-state index in [9.17, 15) is 0 Å². The quantitative estimate of drug-likeness (QED) is 0.134. The smallest absolute Gasteiger partial charge is 0.0495 e. The van der Waals surface area contributed by atoms with Gasteiger partial charge in [-0.3, -0.25) is 0 Å². The molecule has 242 valence electrons. The first-order valence-corrected chi connectivity index (χ1v) is 19.1. The van der Waals surface area contributed by atoms with Crippen molar-refractivity contribution in [3.8, 4) is 45.1 Å². The molecule has 0 amide bonds. The van der Waals surface area contributed by atoms with Gasteiger partial charge in [0.2, 0.25) is 0 Å². The average Bonchev–Trinajstić information content (AvgIpc) is 3.83. The zero-order chi connectivity index (χ0) is 34.2. The van der Waals surface area contributed by atoms with Gasteiger partial charge in [0.15, 0.2) is 0 Å². The molecule has 5 heteroatoms. The van der Waals surface area contributed by atoms with Gasteiger partial charge >= 0.3 is 275 Å². The Morgan fingerprint density at radius 2 is 1.02 bits per heavy atom. The summed E-state index contributed by atoms with van der Waals surface area (Å²) in [6.07, 6.45) is 0. The Morgan fingerprint density at radius 1 is 0.404 bits per heavy atom. The van der Waals surface area contributed by atoms with E-state index in [4.69, 9.17) is 19.4 Å². The third kappa shape index (κ3) is 4.57. The predicted molar refractivity (Wildman–Crippen MR) is 216 cm³/mol. The number of para-hydroxylation sites is 2. The topological polar surface area (TPSA) is 51.8 Å². The van der Waals surface area contributed by atoms with Gasteiger partial charge < -0.3 is 0 Å². The molecule has 11 rings (SSSR count). The first-order chi connectivity index (χ1) is 25.8. The van der Waals surface area contributed by atoms with Gasteiger partial charge in [0.1, 0.15) is 0 Å². The van der Waals surface area contributed by atoms with Crippen LogP contribution in [0.25, 0.3) is 108 Å². The first kappa shape index (κ1) is 29.4. The minimum Gasteiger partial charge on any atom is -0.0615 e. The number of benzene rings is 8. The van der Waals surface area contributed by atoms with Gasteiger partial charge in [0.05, 0.1) is 0 Å². The van der Waals surface area contributed by atoms with Crippen LogP contribution in [0.4, 0.5) is 0 Å². The van der Waals surface area contributed by atoms with Crippen molar-refractivity contribution in [2.24, 2.45) is 0 Å². The third-order valence-electron chi connectivity index (χ3n) is 10.1. The third-order valence-corrected chi connectivity index (χ3v) is 12.8. The van der Waals surface area contributed by atoms with E-state index in [1.54, 1.807) is 0 Å². The van der Waals surface area contributed by atoms with E-state index in [1.165, 1.54) is 30.4 Å². The maximum absolute atomic E-state index is 6.56. The molecule has 0 aliphatic rings. The number of aromatic nitrogens is 3. The summed E-state index contributed by atoms with van der Waals surface area (Å²) in [7, 11) is 0. The minimum absolute atomic E-state index is 0.0756. The fraction of sp³-hybridized carbons (Fsp3) is 0. The Hall–Kier alpha value is -6.39. The molecule has 0 aliphatic heterocycles. The van der Waals surface area contributed by atoms with Crippen molar-refractivity contribution in [1.82, 2.24) is 15.0 Å². The van der Waals surface area contributed by atoms with Crippen LogP contribution in [-0.2, 0) is 0 Å². The number of fused-ring (bicyclic) bond motifs is 9. The van der Waals surface area contributed by atoms with Gasteiger partial charge in [-0.2, -0.15) is 0 Å². The molecule has 8 aromatic carbocycles. The van der Waals surface area contributed by atoms with Crippen molar-refractivity contribution in [2.45, 2.75) is 0 Å². The minimum atomic E-state index is 0.0756. The van der Waals surface area contributed by atoms with Gasteiger partial charge in [0.25, 0.3) is 0 Å². The summed E-state index contributed by atoms with van der Waals surface area (Å²) >= 11 is 0.0756. The Morgan fingerprint density at radius 3 is 1.79 bits per heavy atom. The summed E-state index contributed by atoms with van der Waals surface area (Å²) in [5, 5.41) is 6.99. The molecule has 0 bridgehead atoms.